The number of aliphatic imine (C=N–C) groups is 1. The number of anilines is 1. The van der Waals surface area contributed by atoms with Crippen LogP contribution in [0.2, 0.25) is 0 Å². The van der Waals surface area contributed by atoms with Gasteiger partial charge in [0, 0.05) is 17.9 Å². The fourth-order valence-corrected chi connectivity index (χ4v) is 3.58. The average Bonchev–Trinajstić information content (AvgIpc) is 3.07. The lowest BCUT2D eigenvalue weighted by atomic mass is 10.0. The summed E-state index contributed by atoms with van der Waals surface area (Å²) in [5.74, 6) is -0.524. The second-order valence-electron chi connectivity index (χ2n) is 6.58. The standard InChI is InChI=1S/C20H19FN4O4S/c1-3-23-19(22)24-11-15-12-25(20(26)29-15)14-6-9-17(18(21)10-14)13-4-7-16(8-5-13)30(2,27)28/h1,4-10,15H,11-12H2,2H3,(H3,22,23,24)/t15-/m0/s1. The van der Waals surface area contributed by atoms with E-state index in [0.29, 0.717) is 11.3 Å². The maximum absolute atomic E-state index is 14.7. The molecule has 1 aliphatic heterocycles. The molecule has 0 aromatic heterocycles. The Hall–Kier alpha value is -3.58. The SMILES string of the molecule is C#CN=C(N)NC[C@H]1CN(c2ccc(-c3ccc(S(C)(=O)=O)cc3)c(F)c2)C(=O)O1. The highest BCUT2D eigenvalue weighted by Crippen LogP contribution is 2.29. The molecule has 1 saturated heterocycles. The molecule has 0 saturated carbocycles. The van der Waals surface area contributed by atoms with Gasteiger partial charge in [0.05, 0.1) is 23.7 Å². The van der Waals surface area contributed by atoms with Gasteiger partial charge in [-0.1, -0.05) is 18.6 Å². The highest BCUT2D eigenvalue weighted by Gasteiger charge is 2.32. The van der Waals surface area contributed by atoms with Gasteiger partial charge in [0.1, 0.15) is 11.9 Å². The van der Waals surface area contributed by atoms with Crippen molar-refractivity contribution < 1.29 is 22.3 Å². The molecule has 3 N–H and O–H groups in total. The van der Waals surface area contributed by atoms with E-state index in [2.05, 4.69) is 10.3 Å². The number of guanidine groups is 1. The van der Waals surface area contributed by atoms with E-state index >= 15 is 0 Å². The van der Waals surface area contributed by atoms with Crippen LogP contribution >= 0.6 is 0 Å². The summed E-state index contributed by atoms with van der Waals surface area (Å²) in [6.07, 6.45) is 4.99. The number of halogens is 1. The number of nitrogens with two attached hydrogens (primary N) is 1. The fraction of sp³-hybridized carbons (Fsp3) is 0.200. The third-order valence-corrected chi connectivity index (χ3v) is 5.56. The van der Waals surface area contributed by atoms with Crippen molar-refractivity contribution in [1.29, 1.82) is 0 Å². The van der Waals surface area contributed by atoms with E-state index in [-0.39, 0.29) is 29.5 Å². The topological polar surface area (TPSA) is 114 Å². The zero-order valence-electron chi connectivity index (χ0n) is 16.0. The predicted octanol–water partition coefficient (Wildman–Crippen LogP) is 1.72. The van der Waals surface area contributed by atoms with Gasteiger partial charge >= 0.3 is 6.09 Å². The van der Waals surface area contributed by atoms with Gasteiger partial charge in [0.2, 0.25) is 5.96 Å². The van der Waals surface area contributed by atoms with E-state index < -0.39 is 27.9 Å². The van der Waals surface area contributed by atoms with Crippen molar-refractivity contribution >= 4 is 27.6 Å². The largest absolute Gasteiger partial charge is 0.442 e. The van der Waals surface area contributed by atoms with Crippen molar-refractivity contribution in [3.8, 4) is 23.6 Å². The van der Waals surface area contributed by atoms with E-state index in [1.807, 2.05) is 6.04 Å². The predicted molar refractivity (Wildman–Crippen MR) is 111 cm³/mol. The molecule has 10 heteroatoms. The molecule has 8 nitrogen and oxygen atoms in total. The third kappa shape index (κ3) is 4.69. The molecule has 0 radical (unpaired) electrons. The summed E-state index contributed by atoms with van der Waals surface area (Å²) in [5.41, 5.74) is 6.66. The average molecular weight is 430 g/mol. The van der Waals surface area contributed by atoms with Crippen molar-refractivity contribution in [2.24, 2.45) is 10.7 Å². The Morgan fingerprint density at radius 3 is 2.67 bits per heavy atom. The van der Waals surface area contributed by atoms with Crippen LogP contribution in [0.15, 0.2) is 52.4 Å². The van der Waals surface area contributed by atoms with Crippen LogP contribution in [-0.4, -0.2) is 45.9 Å². The van der Waals surface area contributed by atoms with Gasteiger partial charge in [-0.15, -0.1) is 0 Å². The zero-order valence-corrected chi connectivity index (χ0v) is 16.8. The fourth-order valence-electron chi connectivity index (χ4n) is 2.95. The van der Waals surface area contributed by atoms with Crippen LogP contribution in [-0.2, 0) is 14.6 Å². The Bertz CT molecular complexity index is 1140. The quantitative estimate of drug-likeness (QED) is 0.424. The first-order valence-corrected chi connectivity index (χ1v) is 10.7. The second-order valence-corrected chi connectivity index (χ2v) is 8.60. The number of nitrogens with zero attached hydrogens (tertiary/aromatic N) is 2. The first-order valence-electron chi connectivity index (χ1n) is 8.80. The Morgan fingerprint density at radius 1 is 1.37 bits per heavy atom. The number of carbonyl (C=O) groups excluding carboxylic acids is 1. The van der Waals surface area contributed by atoms with Crippen LogP contribution < -0.4 is 16.0 Å². The minimum atomic E-state index is -3.34. The molecule has 3 rings (SSSR count). The van der Waals surface area contributed by atoms with Crippen LogP contribution in [0.25, 0.3) is 11.1 Å². The zero-order chi connectivity index (χ0) is 21.9. The molecule has 0 aliphatic carbocycles. The third-order valence-electron chi connectivity index (χ3n) is 4.43. The lowest BCUT2D eigenvalue weighted by Crippen LogP contribution is -2.38. The Balaban J connectivity index is 1.74. The molecule has 1 atom stereocenters. The van der Waals surface area contributed by atoms with Gasteiger partial charge in [-0.3, -0.25) is 4.90 Å². The van der Waals surface area contributed by atoms with Crippen molar-refractivity contribution in [2.45, 2.75) is 11.0 Å². The van der Waals surface area contributed by atoms with Crippen LogP contribution in [0.4, 0.5) is 14.9 Å². The first kappa shape index (κ1) is 21.1. The Morgan fingerprint density at radius 2 is 2.07 bits per heavy atom. The highest BCUT2D eigenvalue weighted by molar-refractivity contribution is 7.90. The van der Waals surface area contributed by atoms with Crippen LogP contribution in [0.1, 0.15) is 0 Å². The Kier molecular flexibility index (Phi) is 5.94. The van der Waals surface area contributed by atoms with Crippen LogP contribution in [0.3, 0.4) is 0 Å². The second kappa shape index (κ2) is 8.42. The van der Waals surface area contributed by atoms with Crippen LogP contribution in [0.5, 0.6) is 0 Å². The first-order chi connectivity index (χ1) is 14.2. The smallest absolute Gasteiger partial charge is 0.414 e. The number of hydrogen-bond acceptors (Lipinski definition) is 5. The van der Waals surface area contributed by atoms with Crippen molar-refractivity contribution in [1.82, 2.24) is 5.32 Å². The van der Waals surface area contributed by atoms with Crippen molar-refractivity contribution in [3.05, 3.63) is 48.3 Å². The minimum absolute atomic E-state index is 0.0317. The number of benzene rings is 2. The molecule has 156 valence electrons. The summed E-state index contributed by atoms with van der Waals surface area (Å²) in [7, 11) is -3.34. The summed E-state index contributed by atoms with van der Waals surface area (Å²) in [4.78, 5) is 17.1. The molecule has 2 aromatic carbocycles. The molecule has 1 heterocycles. The van der Waals surface area contributed by atoms with E-state index in [1.165, 1.54) is 41.3 Å². The van der Waals surface area contributed by atoms with E-state index in [0.717, 1.165) is 6.26 Å². The lowest BCUT2D eigenvalue weighted by Gasteiger charge is -2.15. The monoisotopic (exact) mass is 430 g/mol. The van der Waals surface area contributed by atoms with E-state index in [9.17, 15) is 17.6 Å². The number of amides is 1. The van der Waals surface area contributed by atoms with Crippen LogP contribution in [0, 0.1) is 18.3 Å². The number of rotatable bonds is 5. The molecule has 2 aromatic rings. The summed E-state index contributed by atoms with van der Waals surface area (Å²) in [5, 5.41) is 2.74. The van der Waals surface area contributed by atoms with Crippen molar-refractivity contribution in [3.63, 3.8) is 0 Å². The summed E-state index contributed by atoms with van der Waals surface area (Å²) < 4.78 is 43.1. The molecular weight excluding hydrogens is 411 g/mol. The van der Waals surface area contributed by atoms with Gasteiger partial charge in [0.25, 0.3) is 0 Å². The normalized spacial score (nSPS) is 16.8. The molecule has 1 aliphatic rings. The number of cyclic esters (lactones) is 1. The molecule has 30 heavy (non-hydrogen) atoms. The maximum Gasteiger partial charge on any atom is 0.414 e. The van der Waals surface area contributed by atoms with Crippen molar-refractivity contribution in [2.75, 3.05) is 24.2 Å². The Labute approximate surface area is 173 Å². The number of ether oxygens (including phenoxy) is 1. The number of nitrogens with one attached hydrogen (secondary N) is 1. The molecule has 0 bridgehead atoms. The summed E-state index contributed by atoms with van der Waals surface area (Å²) >= 11 is 0. The minimum Gasteiger partial charge on any atom is -0.442 e. The molecular formula is C20H19FN4O4S. The summed E-state index contributed by atoms with van der Waals surface area (Å²) in [6.45, 7) is 0.392. The molecule has 1 fully saturated rings. The van der Waals surface area contributed by atoms with Gasteiger partial charge < -0.3 is 15.8 Å². The summed E-state index contributed by atoms with van der Waals surface area (Å²) in [6, 6.07) is 12.3. The number of terminal acetylenes is 1. The lowest BCUT2D eigenvalue weighted by molar-refractivity contribution is 0.143. The number of sulfone groups is 1. The van der Waals surface area contributed by atoms with Gasteiger partial charge in [-0.2, -0.15) is 4.99 Å². The van der Waals surface area contributed by atoms with Gasteiger partial charge in [0.15, 0.2) is 9.84 Å². The van der Waals surface area contributed by atoms with E-state index in [1.54, 1.807) is 6.07 Å². The van der Waals surface area contributed by atoms with E-state index in [4.69, 9.17) is 16.9 Å². The number of hydrogen-bond donors (Lipinski definition) is 2. The number of carbonyl (C=O) groups is 1. The molecule has 1 amide bonds. The van der Waals surface area contributed by atoms with Gasteiger partial charge in [-0.05, 0) is 35.9 Å². The highest BCUT2D eigenvalue weighted by atomic mass is 32.2. The molecule has 0 unspecified atom stereocenters. The van der Waals surface area contributed by atoms with Gasteiger partial charge in [-0.25, -0.2) is 17.6 Å². The molecule has 0 spiro atoms. The maximum atomic E-state index is 14.7.